The van der Waals surface area contributed by atoms with E-state index in [2.05, 4.69) is 84.0 Å². The number of fused-ring (bicyclic) bond motifs is 5. The third kappa shape index (κ3) is 5.55. The Morgan fingerprint density at radius 3 is 2.12 bits per heavy atom. The molecule has 4 rings (SSSR count). The van der Waals surface area contributed by atoms with Gasteiger partial charge in [-0.05, 0) is 137 Å². The first-order valence-electron chi connectivity index (χ1n) is 13.2. The predicted molar refractivity (Wildman–Crippen MR) is 147 cm³/mol. The molecule has 3 aliphatic carbocycles. The molecule has 0 radical (unpaired) electrons. The van der Waals surface area contributed by atoms with E-state index in [-0.39, 0.29) is 17.6 Å². The van der Waals surface area contributed by atoms with Crippen molar-refractivity contribution in [1.82, 2.24) is 0 Å². The maximum atomic E-state index is 6.96. The molecule has 1 aromatic carbocycles. The molecule has 6 atom stereocenters. The molecule has 0 aromatic heterocycles. The van der Waals surface area contributed by atoms with E-state index in [1.165, 1.54) is 32.1 Å². The lowest BCUT2D eigenvalue weighted by Crippen LogP contribution is -2.50. The van der Waals surface area contributed by atoms with E-state index in [4.69, 9.17) is 13.3 Å². The second kappa shape index (κ2) is 8.61. The molecule has 0 saturated heterocycles. The first-order chi connectivity index (χ1) is 15.1. The van der Waals surface area contributed by atoms with Crippen molar-refractivity contribution in [3.05, 3.63) is 29.3 Å². The molecule has 3 aliphatic rings. The quantitative estimate of drug-likeness (QED) is 0.370. The number of rotatable bonds is 6. The molecule has 0 amide bonds. The van der Waals surface area contributed by atoms with E-state index >= 15 is 0 Å². The number of hydrogen-bond acceptors (Lipinski definition) is 3. The van der Waals surface area contributed by atoms with Crippen LogP contribution in [0, 0.1) is 17.3 Å². The van der Waals surface area contributed by atoms with Crippen LogP contribution in [0.15, 0.2) is 18.2 Å². The van der Waals surface area contributed by atoms with Gasteiger partial charge in [-0.25, -0.2) is 0 Å². The largest absolute Gasteiger partial charge is 0.544 e. The van der Waals surface area contributed by atoms with Crippen molar-refractivity contribution >= 4 is 25.0 Å². The minimum absolute atomic E-state index is 0.240. The Hall–Kier alpha value is -0.409. The van der Waals surface area contributed by atoms with Gasteiger partial charge in [-0.15, -0.1) is 0 Å². The summed E-state index contributed by atoms with van der Waals surface area (Å²) in [6.07, 6.45) is 6.74. The van der Waals surface area contributed by atoms with Gasteiger partial charge in [0.05, 0.1) is 12.2 Å². The Balaban J connectivity index is 1.62. The molecule has 1 aromatic rings. The van der Waals surface area contributed by atoms with E-state index in [0.717, 1.165) is 11.7 Å². The lowest BCUT2D eigenvalue weighted by molar-refractivity contribution is -0.0363. The average molecular weight is 505 g/mol. The first kappa shape index (κ1) is 25.7. The molecular formula is C27H48O3Si3. The van der Waals surface area contributed by atoms with Crippen LogP contribution in [0.25, 0.3) is 0 Å². The predicted octanol–water partition coefficient (Wildman–Crippen LogP) is 7.81. The summed E-state index contributed by atoms with van der Waals surface area (Å²) in [6.45, 7) is 23.4. The van der Waals surface area contributed by atoms with Gasteiger partial charge in [-0.3, -0.25) is 0 Å². The normalized spacial score (nSPS) is 34.4. The molecule has 3 nitrogen and oxygen atoms in total. The van der Waals surface area contributed by atoms with Crippen LogP contribution in [0.5, 0.6) is 5.75 Å². The van der Waals surface area contributed by atoms with Crippen molar-refractivity contribution < 1.29 is 13.3 Å². The van der Waals surface area contributed by atoms with Gasteiger partial charge in [0.1, 0.15) is 5.75 Å². The van der Waals surface area contributed by atoms with Crippen LogP contribution >= 0.6 is 0 Å². The van der Waals surface area contributed by atoms with E-state index in [1.807, 2.05) is 0 Å². The fourth-order valence-corrected chi connectivity index (χ4v) is 10.2. The van der Waals surface area contributed by atoms with Crippen LogP contribution in [-0.2, 0) is 15.3 Å². The molecule has 0 heterocycles. The molecule has 0 aliphatic heterocycles. The lowest BCUT2D eigenvalue weighted by atomic mass is 9.55. The van der Waals surface area contributed by atoms with Crippen LogP contribution in [0.1, 0.15) is 49.7 Å². The molecule has 0 spiro atoms. The van der Waals surface area contributed by atoms with E-state index in [1.54, 1.807) is 11.1 Å². The zero-order valence-corrected chi connectivity index (χ0v) is 25.9. The van der Waals surface area contributed by atoms with Crippen LogP contribution < -0.4 is 4.43 Å². The van der Waals surface area contributed by atoms with Crippen molar-refractivity contribution in [2.24, 2.45) is 17.3 Å². The van der Waals surface area contributed by atoms with Crippen molar-refractivity contribution in [2.75, 3.05) is 0 Å². The minimum atomic E-state index is -1.67. The lowest BCUT2D eigenvalue weighted by Gasteiger charge is -2.51. The summed E-state index contributed by atoms with van der Waals surface area (Å²) >= 11 is 0. The molecule has 33 heavy (non-hydrogen) atoms. The number of benzene rings is 1. The molecule has 2 fully saturated rings. The Morgan fingerprint density at radius 2 is 1.52 bits per heavy atom. The Kier molecular flexibility index (Phi) is 6.70. The molecule has 186 valence electrons. The summed E-state index contributed by atoms with van der Waals surface area (Å²) in [4.78, 5) is 0. The van der Waals surface area contributed by atoms with Crippen LogP contribution in [0.3, 0.4) is 0 Å². The summed E-state index contributed by atoms with van der Waals surface area (Å²) < 4.78 is 20.1. The zero-order valence-electron chi connectivity index (χ0n) is 22.9. The summed E-state index contributed by atoms with van der Waals surface area (Å²) in [5, 5.41) is 0. The SMILES string of the molecule is CC12CCC3c4ccc(O[Si](C)(C)C)cc4CCC3C1C[C@H](O[Si](C)(C)C)[C@H]2O[Si](C)(C)C. The Morgan fingerprint density at radius 1 is 0.848 bits per heavy atom. The minimum Gasteiger partial charge on any atom is -0.544 e. The van der Waals surface area contributed by atoms with E-state index < -0.39 is 25.0 Å². The molecule has 6 heteroatoms. The van der Waals surface area contributed by atoms with Gasteiger partial charge in [-0.2, -0.15) is 0 Å². The highest BCUT2D eigenvalue weighted by Crippen LogP contribution is 2.62. The third-order valence-corrected chi connectivity index (χ3v) is 10.8. The summed E-state index contributed by atoms with van der Waals surface area (Å²) in [5.74, 6) is 3.22. The smallest absolute Gasteiger partial charge is 0.242 e. The highest BCUT2D eigenvalue weighted by atomic mass is 28.4. The molecular weight excluding hydrogens is 457 g/mol. The van der Waals surface area contributed by atoms with E-state index in [9.17, 15) is 0 Å². The Bertz CT molecular complexity index is 867. The average Bonchev–Trinajstić information content (AvgIpc) is 2.89. The maximum absolute atomic E-state index is 6.96. The number of hydrogen-bond donors (Lipinski definition) is 0. The first-order valence-corrected chi connectivity index (χ1v) is 23.5. The van der Waals surface area contributed by atoms with Crippen molar-refractivity contribution in [3.8, 4) is 5.75 Å². The topological polar surface area (TPSA) is 27.7 Å². The fraction of sp³-hybridized carbons (Fsp3) is 0.778. The van der Waals surface area contributed by atoms with Gasteiger partial charge in [0.15, 0.2) is 16.6 Å². The molecule has 4 unspecified atom stereocenters. The summed E-state index contributed by atoms with van der Waals surface area (Å²) in [6, 6.07) is 7.02. The zero-order chi connectivity index (χ0) is 24.4. The monoisotopic (exact) mass is 504 g/mol. The highest BCUT2D eigenvalue weighted by molar-refractivity contribution is 6.70. The van der Waals surface area contributed by atoms with Crippen molar-refractivity contribution in [2.45, 2.75) is 116 Å². The fourth-order valence-electron chi connectivity index (χ4n) is 7.07. The van der Waals surface area contributed by atoms with E-state index in [0.29, 0.717) is 11.8 Å². The van der Waals surface area contributed by atoms with Gasteiger partial charge < -0.3 is 13.3 Å². The highest BCUT2D eigenvalue weighted by Gasteiger charge is 2.60. The van der Waals surface area contributed by atoms with Gasteiger partial charge in [0, 0.05) is 0 Å². The standard InChI is InChI=1S/C27H48O3Si3/c1-27-16-15-22-21-14-12-20(28-31(2,3)4)17-19(21)11-13-23(22)24(27)18-25(29-32(5,6)7)26(27)30-33(8,9)10/h12,14,17,22-26H,11,13,15-16,18H2,1-10H3/t22?,23?,24?,25-,26+,27?/m0/s1. The maximum Gasteiger partial charge on any atom is 0.242 e. The van der Waals surface area contributed by atoms with Gasteiger partial charge in [-0.1, -0.05) is 13.0 Å². The second-order valence-corrected chi connectivity index (χ2v) is 27.5. The second-order valence-electron chi connectivity index (χ2n) is 14.2. The van der Waals surface area contributed by atoms with Crippen LogP contribution in [0.4, 0.5) is 0 Å². The Labute approximate surface area is 206 Å². The van der Waals surface area contributed by atoms with Crippen molar-refractivity contribution in [1.29, 1.82) is 0 Å². The van der Waals surface area contributed by atoms with Gasteiger partial charge in [0.25, 0.3) is 0 Å². The van der Waals surface area contributed by atoms with Crippen molar-refractivity contribution in [3.63, 3.8) is 0 Å². The van der Waals surface area contributed by atoms with Gasteiger partial charge in [0.2, 0.25) is 8.32 Å². The summed E-state index contributed by atoms with van der Waals surface area (Å²) in [7, 11) is -4.89. The third-order valence-electron chi connectivity index (χ3n) is 8.02. The number of aryl methyl sites for hydroxylation is 1. The molecule has 2 saturated carbocycles. The van der Waals surface area contributed by atoms with Crippen LogP contribution in [0.2, 0.25) is 58.9 Å². The van der Waals surface area contributed by atoms with Gasteiger partial charge >= 0.3 is 0 Å². The van der Waals surface area contributed by atoms with Crippen LogP contribution in [-0.4, -0.2) is 37.2 Å². The molecule has 0 bridgehead atoms. The molecule has 0 N–H and O–H groups in total. The summed E-state index contributed by atoms with van der Waals surface area (Å²) in [5.41, 5.74) is 3.39.